The molecule has 0 saturated heterocycles. The van der Waals surface area contributed by atoms with E-state index in [0.29, 0.717) is 0 Å². The van der Waals surface area contributed by atoms with Crippen molar-refractivity contribution in [3.05, 3.63) is 35.4 Å². The quantitative estimate of drug-likeness (QED) is 0.634. The van der Waals surface area contributed by atoms with Crippen LogP contribution in [0, 0.1) is 11.8 Å². The van der Waals surface area contributed by atoms with Crippen molar-refractivity contribution in [2.24, 2.45) is 11.8 Å². The van der Waals surface area contributed by atoms with E-state index in [1.54, 1.807) is 0 Å². The van der Waals surface area contributed by atoms with Crippen molar-refractivity contribution in [2.75, 3.05) is 0 Å². The zero-order valence-corrected chi connectivity index (χ0v) is 11.0. The predicted molar refractivity (Wildman–Crippen MR) is 70.9 cm³/mol. The smallest absolute Gasteiger partial charge is 0.0587 e. The molecule has 1 aliphatic rings. The number of rotatable bonds is 5. The fourth-order valence-corrected chi connectivity index (χ4v) is 2.51. The van der Waals surface area contributed by atoms with E-state index in [4.69, 9.17) is 11.6 Å². The Bertz CT molecular complexity index is 322. The zero-order valence-electron chi connectivity index (χ0n) is 10.2. The molecule has 16 heavy (non-hydrogen) atoms. The highest BCUT2D eigenvalue weighted by Crippen LogP contribution is 2.40. The van der Waals surface area contributed by atoms with Crippen molar-refractivity contribution in [3.8, 4) is 0 Å². The van der Waals surface area contributed by atoms with Crippen LogP contribution >= 0.6 is 11.6 Å². The molecule has 1 atom stereocenters. The summed E-state index contributed by atoms with van der Waals surface area (Å²) in [5.74, 6) is 1.63. The molecule has 0 amide bonds. The molecule has 0 radical (unpaired) electrons. The van der Waals surface area contributed by atoms with Gasteiger partial charge in [-0.1, -0.05) is 51.0 Å². The minimum atomic E-state index is 0.223. The minimum Gasteiger partial charge on any atom is -0.118 e. The number of hydrogen-bond donors (Lipinski definition) is 0. The van der Waals surface area contributed by atoms with Crippen LogP contribution in [0.25, 0.3) is 0 Å². The normalized spacial score (nSPS) is 17.8. The van der Waals surface area contributed by atoms with Crippen LogP contribution in [0.3, 0.4) is 0 Å². The lowest BCUT2D eigenvalue weighted by atomic mass is 10.00. The topological polar surface area (TPSA) is 0 Å². The Labute approximate surface area is 104 Å². The molecule has 0 spiro atoms. The highest BCUT2D eigenvalue weighted by atomic mass is 35.5. The van der Waals surface area contributed by atoms with Crippen molar-refractivity contribution in [1.29, 1.82) is 0 Å². The molecule has 0 nitrogen and oxygen atoms in total. The van der Waals surface area contributed by atoms with Crippen LogP contribution < -0.4 is 0 Å². The Morgan fingerprint density at radius 1 is 1.19 bits per heavy atom. The SMILES string of the molecule is CC(C)Cc1ccc(C(Cl)CC2CC2)cc1. The number of benzene rings is 1. The maximum Gasteiger partial charge on any atom is 0.0587 e. The average molecular weight is 237 g/mol. The molecule has 0 aromatic heterocycles. The largest absolute Gasteiger partial charge is 0.118 e. The molecular weight excluding hydrogens is 216 g/mol. The van der Waals surface area contributed by atoms with Gasteiger partial charge in [-0.05, 0) is 35.8 Å². The van der Waals surface area contributed by atoms with Gasteiger partial charge in [0.05, 0.1) is 5.38 Å². The first kappa shape index (κ1) is 12.0. The Morgan fingerprint density at radius 2 is 1.81 bits per heavy atom. The summed E-state index contributed by atoms with van der Waals surface area (Å²) < 4.78 is 0. The summed E-state index contributed by atoms with van der Waals surface area (Å²) in [4.78, 5) is 0. The second-order valence-electron chi connectivity index (χ2n) is 5.49. The molecule has 0 aliphatic heterocycles. The van der Waals surface area contributed by atoms with E-state index >= 15 is 0 Å². The molecule has 0 heterocycles. The Morgan fingerprint density at radius 3 is 2.31 bits per heavy atom. The molecule has 1 heteroatoms. The van der Waals surface area contributed by atoms with Crippen LogP contribution in [-0.4, -0.2) is 0 Å². The number of halogens is 1. The molecule has 1 aromatic carbocycles. The fraction of sp³-hybridized carbons (Fsp3) is 0.600. The monoisotopic (exact) mass is 236 g/mol. The minimum absolute atomic E-state index is 0.223. The molecule has 1 unspecified atom stereocenters. The van der Waals surface area contributed by atoms with E-state index in [2.05, 4.69) is 38.1 Å². The summed E-state index contributed by atoms with van der Waals surface area (Å²) in [6, 6.07) is 8.88. The van der Waals surface area contributed by atoms with E-state index < -0.39 is 0 Å². The van der Waals surface area contributed by atoms with E-state index in [-0.39, 0.29) is 5.38 Å². The average Bonchev–Trinajstić information content (AvgIpc) is 3.01. The molecule has 1 saturated carbocycles. The summed E-state index contributed by atoms with van der Waals surface area (Å²) in [6.07, 6.45) is 5.09. The van der Waals surface area contributed by atoms with Crippen LogP contribution in [0.4, 0.5) is 0 Å². The Balaban J connectivity index is 1.94. The lowest BCUT2D eigenvalue weighted by Gasteiger charge is -2.10. The highest BCUT2D eigenvalue weighted by molar-refractivity contribution is 6.20. The molecule has 88 valence electrons. The van der Waals surface area contributed by atoms with E-state index in [0.717, 1.165) is 24.7 Å². The van der Waals surface area contributed by atoms with Crippen molar-refractivity contribution >= 4 is 11.6 Å². The van der Waals surface area contributed by atoms with Crippen LogP contribution in [0.2, 0.25) is 0 Å². The maximum absolute atomic E-state index is 6.40. The second-order valence-corrected chi connectivity index (χ2v) is 6.01. The predicted octanol–water partition coefficient (Wildman–Crippen LogP) is 4.97. The lowest BCUT2D eigenvalue weighted by molar-refractivity contribution is 0.646. The summed E-state index contributed by atoms with van der Waals surface area (Å²) >= 11 is 6.40. The van der Waals surface area contributed by atoms with Gasteiger partial charge in [0, 0.05) is 0 Å². The van der Waals surface area contributed by atoms with Crippen LogP contribution in [-0.2, 0) is 6.42 Å². The third kappa shape index (κ3) is 3.52. The van der Waals surface area contributed by atoms with Gasteiger partial charge in [0.2, 0.25) is 0 Å². The Hall–Kier alpha value is -0.490. The van der Waals surface area contributed by atoms with Gasteiger partial charge in [-0.15, -0.1) is 11.6 Å². The van der Waals surface area contributed by atoms with Crippen LogP contribution in [0.5, 0.6) is 0 Å². The van der Waals surface area contributed by atoms with E-state index in [9.17, 15) is 0 Å². The summed E-state index contributed by atoms with van der Waals surface area (Å²) in [7, 11) is 0. The molecule has 0 N–H and O–H groups in total. The first-order valence-corrected chi connectivity index (χ1v) is 6.81. The first-order valence-electron chi connectivity index (χ1n) is 6.38. The summed E-state index contributed by atoms with van der Waals surface area (Å²) in [5, 5.41) is 0.223. The van der Waals surface area contributed by atoms with Crippen molar-refractivity contribution in [1.82, 2.24) is 0 Å². The van der Waals surface area contributed by atoms with Crippen molar-refractivity contribution < 1.29 is 0 Å². The van der Waals surface area contributed by atoms with Crippen molar-refractivity contribution in [2.45, 2.75) is 44.9 Å². The lowest BCUT2D eigenvalue weighted by Crippen LogP contribution is -1.96. The first-order chi connectivity index (χ1) is 7.65. The van der Waals surface area contributed by atoms with Crippen molar-refractivity contribution in [3.63, 3.8) is 0 Å². The molecule has 1 aliphatic carbocycles. The van der Waals surface area contributed by atoms with Gasteiger partial charge in [-0.3, -0.25) is 0 Å². The third-order valence-corrected chi connectivity index (χ3v) is 3.65. The van der Waals surface area contributed by atoms with E-state index in [1.807, 2.05) is 0 Å². The van der Waals surface area contributed by atoms with E-state index in [1.165, 1.54) is 24.0 Å². The van der Waals surface area contributed by atoms with Gasteiger partial charge in [-0.2, -0.15) is 0 Å². The molecule has 1 fully saturated rings. The van der Waals surface area contributed by atoms with Gasteiger partial charge in [0.15, 0.2) is 0 Å². The standard InChI is InChI=1S/C15H21Cl/c1-11(2)9-12-5-7-14(8-6-12)15(16)10-13-3-4-13/h5-8,11,13,15H,3-4,9-10H2,1-2H3. The summed E-state index contributed by atoms with van der Waals surface area (Å²) in [5.41, 5.74) is 2.72. The molecule has 0 bridgehead atoms. The van der Waals surface area contributed by atoms with Crippen LogP contribution in [0.15, 0.2) is 24.3 Å². The fourth-order valence-electron chi connectivity index (χ4n) is 2.12. The van der Waals surface area contributed by atoms with Gasteiger partial charge in [0.1, 0.15) is 0 Å². The molecule has 1 aromatic rings. The third-order valence-electron chi connectivity index (χ3n) is 3.22. The number of hydrogen-bond acceptors (Lipinski definition) is 0. The van der Waals surface area contributed by atoms with Gasteiger partial charge in [0.25, 0.3) is 0 Å². The van der Waals surface area contributed by atoms with Gasteiger partial charge >= 0.3 is 0 Å². The zero-order chi connectivity index (χ0) is 11.5. The summed E-state index contributed by atoms with van der Waals surface area (Å²) in [6.45, 7) is 4.51. The Kier molecular flexibility index (Phi) is 3.91. The highest BCUT2D eigenvalue weighted by Gasteiger charge is 2.25. The van der Waals surface area contributed by atoms with Crippen LogP contribution in [0.1, 0.15) is 49.6 Å². The van der Waals surface area contributed by atoms with Gasteiger partial charge < -0.3 is 0 Å². The second kappa shape index (κ2) is 5.23. The molecule has 2 rings (SSSR count). The van der Waals surface area contributed by atoms with Gasteiger partial charge in [-0.25, -0.2) is 0 Å². The molecular formula is C15H21Cl. The number of alkyl halides is 1. The maximum atomic E-state index is 6.40.